The van der Waals surface area contributed by atoms with Crippen LogP contribution in [0, 0.1) is 20.2 Å². The van der Waals surface area contributed by atoms with E-state index in [1.54, 1.807) is 0 Å². The van der Waals surface area contributed by atoms with Gasteiger partial charge in [0.2, 0.25) is 0 Å². The highest BCUT2D eigenvalue weighted by atomic mass is 35.5. The number of nitrogens with one attached hydrogen (secondary N) is 2. The SMILES string of the molecule is COc1ccc(C(=O)NC(=Cc2ccc([N+](=O)[O-])cc2)C(=O)Nc2ccc([N+](=O)[O-])cc2)c(Cl)c1. The Morgan fingerprint density at radius 2 is 1.49 bits per heavy atom. The number of nitro benzene ring substituents is 2. The van der Waals surface area contributed by atoms with Crippen molar-refractivity contribution >= 4 is 46.6 Å². The largest absolute Gasteiger partial charge is 0.497 e. The van der Waals surface area contributed by atoms with Crippen LogP contribution in [0.4, 0.5) is 17.1 Å². The molecule has 12 heteroatoms. The summed E-state index contributed by atoms with van der Waals surface area (Å²) in [6, 6.07) is 14.8. The standard InChI is InChI=1S/C23H17ClN4O7/c1-35-18-10-11-19(20(24)13-18)22(29)26-21(12-14-2-6-16(7-3-14)27(31)32)23(30)25-15-4-8-17(9-5-15)28(33)34/h2-13H,1H3,(H,25,30)(H,26,29). The molecule has 178 valence electrons. The van der Waals surface area contributed by atoms with Crippen molar-refractivity contribution in [2.75, 3.05) is 12.4 Å². The van der Waals surface area contributed by atoms with E-state index in [2.05, 4.69) is 10.6 Å². The summed E-state index contributed by atoms with van der Waals surface area (Å²) < 4.78 is 5.06. The van der Waals surface area contributed by atoms with Crippen LogP contribution in [0.1, 0.15) is 15.9 Å². The van der Waals surface area contributed by atoms with E-state index < -0.39 is 21.7 Å². The fourth-order valence-electron chi connectivity index (χ4n) is 2.88. The van der Waals surface area contributed by atoms with Gasteiger partial charge in [0.15, 0.2) is 0 Å². The molecule has 0 heterocycles. The van der Waals surface area contributed by atoms with Crippen LogP contribution < -0.4 is 15.4 Å². The molecule has 0 aliphatic carbocycles. The lowest BCUT2D eigenvalue weighted by Gasteiger charge is -2.12. The van der Waals surface area contributed by atoms with E-state index in [0.717, 1.165) is 0 Å². The van der Waals surface area contributed by atoms with Gasteiger partial charge >= 0.3 is 0 Å². The van der Waals surface area contributed by atoms with Crippen LogP contribution in [0.2, 0.25) is 5.02 Å². The number of anilines is 1. The third kappa shape index (κ3) is 6.39. The molecule has 0 bridgehead atoms. The summed E-state index contributed by atoms with van der Waals surface area (Å²) in [6.07, 6.45) is 1.32. The van der Waals surface area contributed by atoms with Crippen molar-refractivity contribution in [2.24, 2.45) is 0 Å². The number of non-ortho nitro benzene ring substituents is 2. The normalized spacial score (nSPS) is 10.9. The molecule has 0 fully saturated rings. The summed E-state index contributed by atoms with van der Waals surface area (Å²) in [7, 11) is 1.44. The predicted octanol–water partition coefficient (Wildman–Crippen LogP) is 4.57. The molecule has 0 saturated heterocycles. The van der Waals surface area contributed by atoms with E-state index in [1.807, 2.05) is 0 Å². The number of carbonyl (C=O) groups is 2. The maximum absolute atomic E-state index is 13.0. The molecule has 3 aromatic carbocycles. The summed E-state index contributed by atoms with van der Waals surface area (Å²) in [4.78, 5) is 46.4. The van der Waals surface area contributed by atoms with Gasteiger partial charge in [-0.25, -0.2) is 0 Å². The lowest BCUT2D eigenvalue weighted by atomic mass is 10.1. The van der Waals surface area contributed by atoms with Gasteiger partial charge in [-0.3, -0.25) is 29.8 Å². The predicted molar refractivity (Wildman–Crippen MR) is 128 cm³/mol. The number of carbonyl (C=O) groups excluding carboxylic acids is 2. The Balaban J connectivity index is 1.91. The number of ether oxygens (including phenoxy) is 1. The Labute approximate surface area is 203 Å². The number of nitrogens with zero attached hydrogens (tertiary/aromatic N) is 2. The second kappa shape index (κ2) is 10.9. The molecule has 0 atom stereocenters. The first-order valence-corrected chi connectivity index (χ1v) is 10.2. The lowest BCUT2D eigenvalue weighted by Crippen LogP contribution is -2.31. The Hall–Kier alpha value is -4.77. The molecular formula is C23H17ClN4O7. The zero-order chi connectivity index (χ0) is 25.5. The number of hydrogen-bond donors (Lipinski definition) is 2. The number of halogens is 1. The molecular weight excluding hydrogens is 480 g/mol. The van der Waals surface area contributed by atoms with E-state index in [4.69, 9.17) is 16.3 Å². The first-order chi connectivity index (χ1) is 16.7. The average Bonchev–Trinajstić information content (AvgIpc) is 2.84. The van der Waals surface area contributed by atoms with Crippen molar-refractivity contribution in [3.8, 4) is 5.75 Å². The fourth-order valence-corrected chi connectivity index (χ4v) is 3.14. The zero-order valence-electron chi connectivity index (χ0n) is 18.1. The van der Waals surface area contributed by atoms with E-state index in [9.17, 15) is 29.8 Å². The van der Waals surface area contributed by atoms with E-state index in [-0.39, 0.29) is 33.3 Å². The molecule has 0 aromatic heterocycles. The minimum absolute atomic E-state index is 0.0743. The second-order valence-corrected chi connectivity index (χ2v) is 7.37. The van der Waals surface area contributed by atoms with Crippen molar-refractivity contribution < 1.29 is 24.2 Å². The van der Waals surface area contributed by atoms with E-state index >= 15 is 0 Å². The summed E-state index contributed by atoms with van der Waals surface area (Å²) in [5.74, 6) is -0.996. The summed E-state index contributed by atoms with van der Waals surface area (Å²) in [5.41, 5.74) is 0.206. The van der Waals surface area contributed by atoms with Crippen molar-refractivity contribution in [3.05, 3.63) is 109 Å². The van der Waals surface area contributed by atoms with E-state index in [1.165, 1.54) is 79.9 Å². The van der Waals surface area contributed by atoms with Crippen LogP contribution in [-0.4, -0.2) is 28.8 Å². The molecule has 3 aromatic rings. The zero-order valence-corrected chi connectivity index (χ0v) is 18.8. The number of benzene rings is 3. The molecule has 0 spiro atoms. The lowest BCUT2D eigenvalue weighted by molar-refractivity contribution is -0.385. The van der Waals surface area contributed by atoms with Crippen LogP contribution in [0.5, 0.6) is 5.75 Å². The fraction of sp³-hybridized carbons (Fsp3) is 0.0435. The van der Waals surface area contributed by atoms with Gasteiger partial charge in [-0.1, -0.05) is 11.6 Å². The molecule has 11 nitrogen and oxygen atoms in total. The third-order valence-electron chi connectivity index (χ3n) is 4.66. The van der Waals surface area contributed by atoms with Gasteiger partial charge in [-0.2, -0.15) is 0 Å². The third-order valence-corrected chi connectivity index (χ3v) is 4.98. The average molecular weight is 497 g/mol. The monoisotopic (exact) mass is 496 g/mol. The second-order valence-electron chi connectivity index (χ2n) is 6.96. The maximum Gasteiger partial charge on any atom is 0.272 e. The number of amides is 2. The maximum atomic E-state index is 13.0. The quantitative estimate of drug-likeness (QED) is 0.263. The van der Waals surface area contributed by atoms with Crippen LogP contribution in [0.15, 0.2) is 72.4 Å². The smallest absolute Gasteiger partial charge is 0.272 e. The molecule has 0 aliphatic rings. The molecule has 0 aliphatic heterocycles. The van der Waals surface area contributed by atoms with Crippen molar-refractivity contribution in [1.29, 1.82) is 0 Å². The van der Waals surface area contributed by atoms with Gasteiger partial charge in [0.25, 0.3) is 23.2 Å². The first-order valence-electron chi connectivity index (χ1n) is 9.85. The van der Waals surface area contributed by atoms with Crippen LogP contribution in [-0.2, 0) is 4.79 Å². The van der Waals surface area contributed by atoms with Gasteiger partial charge in [-0.15, -0.1) is 0 Å². The highest BCUT2D eigenvalue weighted by molar-refractivity contribution is 6.34. The van der Waals surface area contributed by atoms with Crippen molar-refractivity contribution in [1.82, 2.24) is 5.32 Å². The topological polar surface area (TPSA) is 154 Å². The molecule has 2 amide bonds. The first kappa shape index (κ1) is 24.9. The van der Waals surface area contributed by atoms with Gasteiger partial charge in [0.1, 0.15) is 11.4 Å². The Bertz CT molecular complexity index is 1320. The molecule has 0 saturated carbocycles. The number of nitro groups is 2. The Morgan fingerprint density at radius 1 is 0.914 bits per heavy atom. The van der Waals surface area contributed by atoms with Gasteiger partial charge in [0.05, 0.1) is 27.5 Å². The summed E-state index contributed by atoms with van der Waals surface area (Å²) >= 11 is 6.16. The molecule has 35 heavy (non-hydrogen) atoms. The molecule has 2 N–H and O–H groups in total. The number of rotatable bonds is 8. The summed E-state index contributed by atoms with van der Waals surface area (Å²) in [5, 5.41) is 26.9. The highest BCUT2D eigenvalue weighted by Crippen LogP contribution is 2.23. The number of methoxy groups -OCH3 is 1. The minimum atomic E-state index is -0.741. The van der Waals surface area contributed by atoms with Gasteiger partial charge in [0, 0.05) is 30.0 Å². The summed E-state index contributed by atoms with van der Waals surface area (Å²) in [6.45, 7) is 0. The minimum Gasteiger partial charge on any atom is -0.497 e. The molecule has 3 rings (SSSR count). The molecule has 0 radical (unpaired) electrons. The van der Waals surface area contributed by atoms with E-state index in [0.29, 0.717) is 11.3 Å². The number of hydrogen-bond acceptors (Lipinski definition) is 7. The van der Waals surface area contributed by atoms with Crippen LogP contribution in [0.3, 0.4) is 0 Å². The van der Waals surface area contributed by atoms with Crippen LogP contribution >= 0.6 is 11.6 Å². The highest BCUT2D eigenvalue weighted by Gasteiger charge is 2.18. The van der Waals surface area contributed by atoms with Crippen molar-refractivity contribution in [2.45, 2.75) is 0 Å². The van der Waals surface area contributed by atoms with Gasteiger partial charge < -0.3 is 15.4 Å². The van der Waals surface area contributed by atoms with Crippen molar-refractivity contribution in [3.63, 3.8) is 0 Å². The Morgan fingerprint density at radius 3 is 2.00 bits per heavy atom. The van der Waals surface area contributed by atoms with Gasteiger partial charge in [-0.05, 0) is 54.1 Å². The Kier molecular flexibility index (Phi) is 7.74. The molecule has 0 unspecified atom stereocenters. The van der Waals surface area contributed by atoms with Crippen LogP contribution in [0.25, 0.3) is 6.08 Å².